The van der Waals surface area contributed by atoms with Crippen LogP contribution in [0.3, 0.4) is 0 Å². The molecule has 1 amide bonds. The maximum Gasteiger partial charge on any atom is 0.227 e. The number of carbonyl (C=O) groups is 1. The zero-order valence-corrected chi connectivity index (χ0v) is 11.9. The molecule has 1 saturated carbocycles. The number of carbonyl (C=O) groups excluding carboxylic acids is 1. The first-order valence-corrected chi connectivity index (χ1v) is 7.71. The van der Waals surface area contributed by atoms with E-state index in [0.29, 0.717) is 13.0 Å². The Labute approximate surface area is 120 Å². The zero-order chi connectivity index (χ0) is 14.0. The first kappa shape index (κ1) is 13.6. The van der Waals surface area contributed by atoms with Crippen molar-refractivity contribution in [1.29, 1.82) is 0 Å². The standard InChI is InChI=1S/C17H23NO2/c19-16(12-14-6-2-1-3-7-14)18-11-10-17(20)9-5-4-8-15(17)13-18/h1-3,6-7,15,20H,4-5,8-13H2/t15-,17+/m0/s1. The van der Waals surface area contributed by atoms with Gasteiger partial charge in [0.2, 0.25) is 5.91 Å². The SMILES string of the molecule is O=C(Cc1ccccc1)N1CC[C@]2(O)CCCC[C@H]2C1. The maximum absolute atomic E-state index is 12.4. The summed E-state index contributed by atoms with van der Waals surface area (Å²) in [5.41, 5.74) is 0.573. The average molecular weight is 273 g/mol. The summed E-state index contributed by atoms with van der Waals surface area (Å²) in [6.45, 7) is 1.45. The van der Waals surface area contributed by atoms with E-state index in [1.54, 1.807) is 0 Å². The number of piperidine rings is 1. The van der Waals surface area contributed by atoms with Crippen molar-refractivity contribution in [2.45, 2.75) is 44.1 Å². The van der Waals surface area contributed by atoms with Gasteiger partial charge in [-0.05, 0) is 24.8 Å². The van der Waals surface area contributed by atoms with Crippen molar-refractivity contribution in [3.63, 3.8) is 0 Å². The van der Waals surface area contributed by atoms with Gasteiger partial charge in [-0.15, -0.1) is 0 Å². The van der Waals surface area contributed by atoms with Gasteiger partial charge < -0.3 is 10.0 Å². The summed E-state index contributed by atoms with van der Waals surface area (Å²) in [5, 5.41) is 10.6. The number of rotatable bonds is 2. The molecule has 1 aliphatic carbocycles. The molecule has 3 heteroatoms. The third kappa shape index (κ3) is 2.73. The minimum Gasteiger partial charge on any atom is -0.389 e. The van der Waals surface area contributed by atoms with Gasteiger partial charge in [-0.1, -0.05) is 43.2 Å². The molecule has 2 atom stereocenters. The number of nitrogens with zero attached hydrogens (tertiary/aromatic N) is 1. The van der Waals surface area contributed by atoms with Gasteiger partial charge in [-0.25, -0.2) is 0 Å². The molecule has 1 aromatic rings. The molecule has 1 saturated heterocycles. The lowest BCUT2D eigenvalue weighted by molar-refractivity contribution is -0.142. The molecule has 3 rings (SSSR count). The van der Waals surface area contributed by atoms with E-state index in [0.717, 1.165) is 37.8 Å². The molecule has 1 heterocycles. The molecular weight excluding hydrogens is 250 g/mol. The number of aliphatic hydroxyl groups is 1. The molecule has 0 spiro atoms. The Balaban J connectivity index is 1.63. The third-order valence-electron chi connectivity index (χ3n) is 4.98. The van der Waals surface area contributed by atoms with Crippen molar-refractivity contribution < 1.29 is 9.90 Å². The molecule has 3 nitrogen and oxygen atoms in total. The van der Waals surface area contributed by atoms with E-state index in [1.165, 1.54) is 6.42 Å². The fraction of sp³-hybridized carbons (Fsp3) is 0.588. The van der Waals surface area contributed by atoms with Crippen LogP contribution >= 0.6 is 0 Å². The van der Waals surface area contributed by atoms with E-state index in [9.17, 15) is 9.90 Å². The Hall–Kier alpha value is -1.35. The third-order valence-corrected chi connectivity index (χ3v) is 4.98. The van der Waals surface area contributed by atoms with Gasteiger partial charge in [-0.3, -0.25) is 4.79 Å². The molecule has 20 heavy (non-hydrogen) atoms. The predicted molar refractivity (Wildman–Crippen MR) is 78.3 cm³/mol. The molecule has 0 radical (unpaired) electrons. The molecule has 108 valence electrons. The van der Waals surface area contributed by atoms with Gasteiger partial charge in [-0.2, -0.15) is 0 Å². The Bertz CT molecular complexity index is 473. The van der Waals surface area contributed by atoms with E-state index >= 15 is 0 Å². The lowest BCUT2D eigenvalue weighted by Crippen LogP contribution is -2.54. The first-order valence-electron chi connectivity index (χ1n) is 7.71. The Morgan fingerprint density at radius 1 is 1.25 bits per heavy atom. The summed E-state index contributed by atoms with van der Waals surface area (Å²) >= 11 is 0. The van der Waals surface area contributed by atoms with Crippen molar-refractivity contribution in [3.8, 4) is 0 Å². The second kappa shape index (κ2) is 5.57. The van der Waals surface area contributed by atoms with Crippen molar-refractivity contribution in [2.75, 3.05) is 13.1 Å². The number of hydrogen-bond donors (Lipinski definition) is 1. The monoisotopic (exact) mass is 273 g/mol. The molecular formula is C17H23NO2. The van der Waals surface area contributed by atoms with Crippen molar-refractivity contribution >= 4 is 5.91 Å². The molecule has 0 unspecified atom stereocenters. The van der Waals surface area contributed by atoms with Crippen LogP contribution in [0.25, 0.3) is 0 Å². The Morgan fingerprint density at radius 3 is 2.85 bits per heavy atom. The molecule has 2 fully saturated rings. The summed E-state index contributed by atoms with van der Waals surface area (Å²) in [5.74, 6) is 0.480. The fourth-order valence-electron chi connectivity index (χ4n) is 3.68. The summed E-state index contributed by atoms with van der Waals surface area (Å²) < 4.78 is 0. The maximum atomic E-state index is 12.4. The molecule has 0 aromatic heterocycles. The number of amides is 1. The van der Waals surface area contributed by atoms with Gasteiger partial charge in [0, 0.05) is 19.0 Å². The van der Waals surface area contributed by atoms with Crippen LogP contribution in [0.4, 0.5) is 0 Å². The van der Waals surface area contributed by atoms with Crippen LogP contribution < -0.4 is 0 Å². The number of fused-ring (bicyclic) bond motifs is 1. The lowest BCUT2D eigenvalue weighted by Gasteiger charge is -2.47. The number of benzene rings is 1. The van der Waals surface area contributed by atoms with Crippen LogP contribution in [-0.2, 0) is 11.2 Å². The Kier molecular flexibility index (Phi) is 3.79. The fourth-order valence-corrected chi connectivity index (χ4v) is 3.68. The van der Waals surface area contributed by atoms with Crippen LogP contribution in [0, 0.1) is 5.92 Å². The van der Waals surface area contributed by atoms with Crippen LogP contribution in [0.2, 0.25) is 0 Å². The van der Waals surface area contributed by atoms with Gasteiger partial charge in [0.15, 0.2) is 0 Å². The topological polar surface area (TPSA) is 40.5 Å². The highest BCUT2D eigenvalue weighted by Gasteiger charge is 2.43. The van der Waals surface area contributed by atoms with Crippen molar-refractivity contribution in [1.82, 2.24) is 4.90 Å². The van der Waals surface area contributed by atoms with Gasteiger partial charge >= 0.3 is 0 Å². The quantitative estimate of drug-likeness (QED) is 0.899. The summed E-state index contributed by atoms with van der Waals surface area (Å²) in [6, 6.07) is 9.91. The number of hydrogen-bond acceptors (Lipinski definition) is 2. The smallest absolute Gasteiger partial charge is 0.227 e. The molecule has 1 aliphatic heterocycles. The second-order valence-corrected chi connectivity index (χ2v) is 6.30. The normalized spacial score (nSPS) is 29.9. The highest BCUT2D eigenvalue weighted by atomic mass is 16.3. The first-order chi connectivity index (χ1) is 9.67. The van der Waals surface area contributed by atoms with Crippen LogP contribution in [-0.4, -0.2) is 34.6 Å². The number of likely N-dealkylation sites (tertiary alicyclic amines) is 1. The van der Waals surface area contributed by atoms with E-state index < -0.39 is 5.60 Å². The minimum atomic E-state index is -0.498. The molecule has 1 aromatic carbocycles. The predicted octanol–water partition coefficient (Wildman–Crippen LogP) is 2.38. The summed E-state index contributed by atoms with van der Waals surface area (Å²) in [6.07, 6.45) is 5.52. The van der Waals surface area contributed by atoms with Crippen LogP contribution in [0.1, 0.15) is 37.7 Å². The van der Waals surface area contributed by atoms with Gasteiger partial charge in [0.05, 0.1) is 12.0 Å². The minimum absolute atomic E-state index is 0.198. The van der Waals surface area contributed by atoms with Crippen molar-refractivity contribution in [2.24, 2.45) is 5.92 Å². The van der Waals surface area contributed by atoms with E-state index in [1.807, 2.05) is 35.2 Å². The molecule has 0 bridgehead atoms. The van der Waals surface area contributed by atoms with Gasteiger partial charge in [0.1, 0.15) is 0 Å². The van der Waals surface area contributed by atoms with Gasteiger partial charge in [0.25, 0.3) is 0 Å². The van der Waals surface area contributed by atoms with Crippen LogP contribution in [0.5, 0.6) is 0 Å². The van der Waals surface area contributed by atoms with E-state index in [-0.39, 0.29) is 11.8 Å². The van der Waals surface area contributed by atoms with Crippen LogP contribution in [0.15, 0.2) is 30.3 Å². The molecule has 2 aliphatic rings. The summed E-state index contributed by atoms with van der Waals surface area (Å²) in [7, 11) is 0. The van der Waals surface area contributed by atoms with Crippen molar-refractivity contribution in [3.05, 3.63) is 35.9 Å². The Morgan fingerprint density at radius 2 is 2.05 bits per heavy atom. The van der Waals surface area contributed by atoms with E-state index in [2.05, 4.69) is 0 Å². The molecule has 1 N–H and O–H groups in total. The lowest BCUT2D eigenvalue weighted by atomic mass is 9.71. The highest BCUT2D eigenvalue weighted by molar-refractivity contribution is 5.78. The average Bonchev–Trinajstić information content (AvgIpc) is 2.47. The van der Waals surface area contributed by atoms with E-state index in [4.69, 9.17) is 0 Å². The highest BCUT2D eigenvalue weighted by Crippen LogP contribution is 2.39. The summed E-state index contributed by atoms with van der Waals surface area (Å²) in [4.78, 5) is 14.3. The largest absolute Gasteiger partial charge is 0.389 e. The zero-order valence-electron chi connectivity index (χ0n) is 11.9. The second-order valence-electron chi connectivity index (χ2n) is 6.30.